The minimum Gasteiger partial charge on any atom is -0.380 e. The fourth-order valence-electron chi connectivity index (χ4n) is 7.36. The van der Waals surface area contributed by atoms with Gasteiger partial charge in [-0.2, -0.15) is 10.2 Å². The Labute approximate surface area is 326 Å². The molecule has 0 aliphatic carbocycles. The van der Waals surface area contributed by atoms with E-state index in [1.54, 1.807) is 72.1 Å². The van der Waals surface area contributed by atoms with Crippen molar-refractivity contribution in [1.29, 1.82) is 0 Å². The van der Waals surface area contributed by atoms with Gasteiger partial charge in [-0.15, -0.1) is 0 Å². The minimum absolute atomic E-state index is 0.0366. The summed E-state index contributed by atoms with van der Waals surface area (Å²) >= 11 is 0. The third kappa shape index (κ3) is 6.71. The van der Waals surface area contributed by atoms with Crippen LogP contribution in [0.1, 0.15) is 56.2 Å². The lowest BCUT2D eigenvalue weighted by Gasteiger charge is -2.25. The van der Waals surface area contributed by atoms with E-state index >= 15 is 0 Å². The average molecular weight is 767 g/mol. The minimum atomic E-state index is -1.77. The first-order valence-corrected chi connectivity index (χ1v) is 18.3. The highest BCUT2D eigenvalue weighted by Gasteiger charge is 2.43. The fraction of sp³-hybridized carbons (Fsp3) is 0.293. The van der Waals surface area contributed by atoms with Gasteiger partial charge in [0.15, 0.2) is 17.0 Å². The van der Waals surface area contributed by atoms with Crippen LogP contribution >= 0.6 is 0 Å². The maximum absolute atomic E-state index is 14.0. The molecular formula is C41H38N10O6. The molecule has 3 aliphatic rings. The Bertz CT molecular complexity index is 2660. The van der Waals surface area contributed by atoms with Crippen molar-refractivity contribution in [2.75, 3.05) is 39.0 Å². The molecule has 2 aromatic carbocycles. The molecule has 8 rings (SSSR count). The number of likely N-dealkylation sites (N-methyl/N-ethyl adjacent to an activating group) is 2. The van der Waals surface area contributed by atoms with Crippen molar-refractivity contribution >= 4 is 40.3 Å². The Morgan fingerprint density at radius 1 is 0.877 bits per heavy atom. The summed E-state index contributed by atoms with van der Waals surface area (Å²) in [6.45, 7) is 2.96. The molecule has 6 heterocycles. The van der Waals surface area contributed by atoms with Gasteiger partial charge in [0.25, 0.3) is 23.6 Å². The molecule has 4 amide bonds. The Kier molecular flexibility index (Phi) is 9.03. The fourth-order valence-corrected chi connectivity index (χ4v) is 7.36. The van der Waals surface area contributed by atoms with Gasteiger partial charge in [-0.25, -0.2) is 14.3 Å². The first kappa shape index (κ1) is 36.9. The summed E-state index contributed by atoms with van der Waals surface area (Å²) in [7, 11) is 3.24. The standard InChI is InChI=1S/C41H38N10O6/c1-24-18-26(10-12-41(57)14-17-49(3)39(41)55)21-29(19-24)51-36-30(8-5-15-43-36)32(46-51)37(53)45-27-22-31-33(44-23-27)34(35(42)52)47-50(31)28-7-4-6-25(20-28)9-11-40(56)13-16-48(2)38(40)54/h4-8,15,18-21,27,44,56-57H,13-14,16-17,22-23H2,1-3H3,(H2,42,52)(H,45,53)/t27?,40-,41-/m0/s1. The van der Waals surface area contributed by atoms with E-state index in [0.717, 1.165) is 5.56 Å². The largest absolute Gasteiger partial charge is 0.380 e. The number of nitrogens with one attached hydrogen (secondary N) is 2. The number of amides is 4. The van der Waals surface area contributed by atoms with E-state index in [0.29, 0.717) is 58.0 Å². The molecule has 1 unspecified atom stereocenters. The highest BCUT2D eigenvalue weighted by molar-refractivity contribution is 6.04. The quantitative estimate of drug-likeness (QED) is 0.158. The number of primary amides is 1. The summed E-state index contributed by atoms with van der Waals surface area (Å²) in [6.07, 6.45) is 2.29. The predicted octanol–water partition coefficient (Wildman–Crippen LogP) is 0.670. The number of hydrogen-bond donors (Lipinski definition) is 5. The number of anilines is 1. The number of carbonyl (C=O) groups excluding carboxylic acids is 4. The third-order valence-corrected chi connectivity index (χ3v) is 10.4. The summed E-state index contributed by atoms with van der Waals surface area (Å²) in [5, 5.41) is 37.7. The molecule has 2 saturated heterocycles. The van der Waals surface area contributed by atoms with Gasteiger partial charge in [0.1, 0.15) is 0 Å². The van der Waals surface area contributed by atoms with Crippen LogP contribution in [-0.4, -0.2) is 119 Å². The molecular weight excluding hydrogens is 729 g/mol. The number of aromatic nitrogens is 5. The summed E-state index contributed by atoms with van der Waals surface area (Å²) < 4.78 is 3.13. The molecule has 0 radical (unpaired) electrons. The highest BCUT2D eigenvalue weighted by Crippen LogP contribution is 2.30. The number of carbonyl (C=O) groups is 4. The number of aliphatic hydroxyl groups is 2. The second-order valence-electron chi connectivity index (χ2n) is 14.6. The summed E-state index contributed by atoms with van der Waals surface area (Å²) in [4.78, 5) is 58.9. The SMILES string of the molecule is Cc1cc(C#C[C@]2(O)CCN(C)C2=O)cc(-n2nc(C(=O)NC3CNc4c(C(N)=O)nn(-c5cccc(C#C[C@]6(O)CCN(C)C6=O)c5)c4C3)c3cccnc32)c1. The molecule has 6 N–H and O–H groups in total. The topological polar surface area (TPSA) is 214 Å². The van der Waals surface area contributed by atoms with E-state index in [9.17, 15) is 29.4 Å². The van der Waals surface area contributed by atoms with Crippen LogP contribution in [0, 0.1) is 30.6 Å². The Balaban J connectivity index is 1.07. The van der Waals surface area contributed by atoms with E-state index in [4.69, 9.17) is 10.8 Å². The Hall–Kier alpha value is -7.01. The van der Waals surface area contributed by atoms with E-state index in [-0.39, 0.29) is 37.2 Å². The molecule has 5 aromatic rings. The zero-order chi connectivity index (χ0) is 40.2. The van der Waals surface area contributed by atoms with Crippen LogP contribution in [0.2, 0.25) is 0 Å². The van der Waals surface area contributed by atoms with Crippen molar-refractivity contribution in [2.45, 2.75) is 43.4 Å². The number of hydrogen-bond acceptors (Lipinski definition) is 10. The molecule has 2 fully saturated rings. The van der Waals surface area contributed by atoms with Crippen LogP contribution in [0.4, 0.5) is 5.69 Å². The monoisotopic (exact) mass is 766 g/mol. The van der Waals surface area contributed by atoms with Crippen LogP contribution in [0.5, 0.6) is 0 Å². The number of likely N-dealkylation sites (tertiary alicyclic amines) is 2. The number of fused-ring (bicyclic) bond motifs is 2. The van der Waals surface area contributed by atoms with E-state index in [1.165, 1.54) is 9.80 Å². The van der Waals surface area contributed by atoms with Gasteiger partial charge < -0.3 is 36.4 Å². The number of nitrogens with zero attached hydrogens (tertiary/aromatic N) is 7. The second kappa shape index (κ2) is 13.9. The summed E-state index contributed by atoms with van der Waals surface area (Å²) in [5.74, 6) is 9.28. The lowest BCUT2D eigenvalue weighted by molar-refractivity contribution is -0.138. The zero-order valence-electron chi connectivity index (χ0n) is 31.3. The first-order valence-electron chi connectivity index (χ1n) is 18.3. The molecule has 3 aliphatic heterocycles. The Morgan fingerprint density at radius 3 is 2.21 bits per heavy atom. The molecule has 3 atom stereocenters. The van der Waals surface area contributed by atoms with Gasteiger partial charge in [-0.3, -0.25) is 19.2 Å². The van der Waals surface area contributed by atoms with Gasteiger partial charge >= 0.3 is 0 Å². The number of rotatable bonds is 5. The van der Waals surface area contributed by atoms with Crippen LogP contribution < -0.4 is 16.4 Å². The van der Waals surface area contributed by atoms with Crippen molar-refractivity contribution in [3.05, 3.63) is 94.6 Å². The Morgan fingerprint density at radius 2 is 1.54 bits per heavy atom. The number of benzene rings is 2. The van der Waals surface area contributed by atoms with Crippen LogP contribution in [0.15, 0.2) is 60.8 Å². The number of pyridine rings is 1. The lowest BCUT2D eigenvalue weighted by Crippen LogP contribution is -2.44. The highest BCUT2D eigenvalue weighted by atomic mass is 16.3. The van der Waals surface area contributed by atoms with Gasteiger partial charge in [0.05, 0.1) is 34.2 Å². The maximum atomic E-state index is 14.0. The average Bonchev–Trinajstić information content (AvgIpc) is 3.92. The maximum Gasteiger partial charge on any atom is 0.272 e. The van der Waals surface area contributed by atoms with Gasteiger partial charge in [0.2, 0.25) is 11.2 Å². The van der Waals surface area contributed by atoms with Crippen molar-refractivity contribution in [3.63, 3.8) is 0 Å². The van der Waals surface area contributed by atoms with E-state index in [1.807, 2.05) is 19.1 Å². The van der Waals surface area contributed by atoms with Crippen molar-refractivity contribution in [3.8, 4) is 35.1 Å². The molecule has 3 aromatic heterocycles. The molecule has 57 heavy (non-hydrogen) atoms. The third-order valence-electron chi connectivity index (χ3n) is 10.4. The smallest absolute Gasteiger partial charge is 0.272 e. The molecule has 288 valence electrons. The van der Waals surface area contributed by atoms with Gasteiger partial charge in [-0.1, -0.05) is 29.7 Å². The van der Waals surface area contributed by atoms with E-state index in [2.05, 4.69) is 44.4 Å². The second-order valence-corrected chi connectivity index (χ2v) is 14.6. The van der Waals surface area contributed by atoms with Crippen LogP contribution in [-0.2, 0) is 16.0 Å². The van der Waals surface area contributed by atoms with Crippen molar-refractivity contribution in [2.24, 2.45) is 5.73 Å². The van der Waals surface area contributed by atoms with Crippen LogP contribution in [0.3, 0.4) is 0 Å². The number of nitrogens with two attached hydrogens (primary N) is 1. The van der Waals surface area contributed by atoms with Crippen molar-refractivity contribution in [1.82, 2.24) is 39.7 Å². The first-order chi connectivity index (χ1) is 27.2. The van der Waals surface area contributed by atoms with Crippen LogP contribution in [0.25, 0.3) is 22.4 Å². The normalized spacial score (nSPS) is 21.4. The molecule has 0 bridgehead atoms. The predicted molar refractivity (Wildman–Crippen MR) is 207 cm³/mol. The van der Waals surface area contributed by atoms with E-state index < -0.39 is 40.9 Å². The van der Waals surface area contributed by atoms with Crippen molar-refractivity contribution < 1.29 is 29.4 Å². The molecule has 0 spiro atoms. The lowest BCUT2D eigenvalue weighted by atomic mass is 10.0. The van der Waals surface area contributed by atoms with Gasteiger partial charge in [-0.05, 0) is 61.0 Å². The summed E-state index contributed by atoms with van der Waals surface area (Å²) in [5.41, 5.74) is 6.90. The summed E-state index contributed by atoms with van der Waals surface area (Å²) in [6, 6.07) is 15.5. The molecule has 16 nitrogen and oxygen atoms in total. The zero-order valence-corrected chi connectivity index (χ0v) is 31.3. The van der Waals surface area contributed by atoms with Gasteiger partial charge in [0, 0.05) is 70.3 Å². The molecule has 16 heteroatoms. The number of aryl methyl sites for hydroxylation is 1. The molecule has 0 saturated carbocycles.